The largest absolute Gasteiger partial charge is 0.349 e. The monoisotopic (exact) mass is 371 g/mol. The number of nitrogens with one attached hydrogen (secondary N) is 1. The number of pyridine rings is 1. The molecule has 150 valence electrons. The Bertz CT molecular complexity index is 614. The van der Waals surface area contributed by atoms with Gasteiger partial charge in [-0.2, -0.15) is 0 Å². The Morgan fingerprint density at radius 3 is 2.52 bits per heavy atom. The molecule has 27 heavy (non-hydrogen) atoms. The molecule has 0 atom stereocenters. The maximum atomic E-state index is 13.0. The molecule has 0 spiro atoms. The predicted octanol–water partition coefficient (Wildman–Crippen LogP) is 4.68. The van der Waals surface area contributed by atoms with Crippen molar-refractivity contribution < 1.29 is 4.79 Å². The van der Waals surface area contributed by atoms with E-state index in [-0.39, 0.29) is 5.91 Å². The fraction of sp³-hybridized carbons (Fsp3) is 0.739. The average Bonchev–Trinajstić information content (AvgIpc) is 2.67. The first-order chi connectivity index (χ1) is 13.0. The van der Waals surface area contributed by atoms with Crippen molar-refractivity contribution in [3.8, 4) is 0 Å². The normalized spacial score (nSPS) is 20.1. The van der Waals surface area contributed by atoms with Crippen molar-refractivity contribution >= 4 is 5.91 Å². The number of hydrogen-bond acceptors (Lipinski definition) is 3. The van der Waals surface area contributed by atoms with Crippen LogP contribution < -0.4 is 5.32 Å². The minimum atomic E-state index is 0.0895. The Kier molecular flexibility index (Phi) is 7.28. The zero-order valence-electron chi connectivity index (χ0n) is 17.5. The van der Waals surface area contributed by atoms with Gasteiger partial charge in [0.25, 0.3) is 5.91 Å². The van der Waals surface area contributed by atoms with Crippen molar-refractivity contribution in [2.45, 2.75) is 84.1 Å². The van der Waals surface area contributed by atoms with Crippen molar-refractivity contribution in [3.05, 3.63) is 29.1 Å². The van der Waals surface area contributed by atoms with Crippen LogP contribution in [0.5, 0.6) is 0 Å². The van der Waals surface area contributed by atoms with E-state index in [1.807, 2.05) is 19.1 Å². The lowest BCUT2D eigenvalue weighted by Crippen LogP contribution is -2.38. The molecule has 1 saturated carbocycles. The van der Waals surface area contributed by atoms with Gasteiger partial charge in [0, 0.05) is 17.7 Å². The number of likely N-dealkylation sites (tertiary alicyclic amines) is 1. The topological polar surface area (TPSA) is 45.2 Å². The first-order valence-corrected chi connectivity index (χ1v) is 11.0. The number of rotatable bonds is 6. The Balaban J connectivity index is 1.64. The molecule has 4 nitrogen and oxygen atoms in total. The highest BCUT2D eigenvalue weighted by atomic mass is 16.1. The van der Waals surface area contributed by atoms with Crippen LogP contribution in [0.4, 0.5) is 0 Å². The SMILES string of the molecule is Cc1ccc(C(=O)NC2CCCCC2)c(C2CCN(CCC(C)C)CC2)n1. The molecule has 1 aromatic heterocycles. The molecule has 1 N–H and O–H groups in total. The number of aryl methyl sites for hydroxylation is 1. The Hall–Kier alpha value is -1.42. The highest BCUT2D eigenvalue weighted by Gasteiger charge is 2.27. The molecule has 0 bridgehead atoms. The summed E-state index contributed by atoms with van der Waals surface area (Å²) >= 11 is 0. The summed E-state index contributed by atoms with van der Waals surface area (Å²) in [5.74, 6) is 1.26. The van der Waals surface area contributed by atoms with Crippen LogP contribution in [0.3, 0.4) is 0 Å². The van der Waals surface area contributed by atoms with Crippen LogP contribution in [0.15, 0.2) is 12.1 Å². The summed E-state index contributed by atoms with van der Waals surface area (Å²) in [4.78, 5) is 20.4. The van der Waals surface area contributed by atoms with Crippen LogP contribution in [0.2, 0.25) is 0 Å². The van der Waals surface area contributed by atoms with Gasteiger partial charge in [0.2, 0.25) is 0 Å². The fourth-order valence-electron chi connectivity index (χ4n) is 4.46. The van der Waals surface area contributed by atoms with E-state index in [0.29, 0.717) is 12.0 Å². The van der Waals surface area contributed by atoms with Crippen molar-refractivity contribution in [2.24, 2.45) is 5.92 Å². The Morgan fingerprint density at radius 1 is 1.15 bits per heavy atom. The fourth-order valence-corrected chi connectivity index (χ4v) is 4.46. The van der Waals surface area contributed by atoms with Gasteiger partial charge < -0.3 is 10.2 Å². The van der Waals surface area contributed by atoms with E-state index < -0.39 is 0 Å². The van der Waals surface area contributed by atoms with E-state index in [1.165, 1.54) is 32.2 Å². The number of amides is 1. The van der Waals surface area contributed by atoms with Crippen molar-refractivity contribution in [2.75, 3.05) is 19.6 Å². The van der Waals surface area contributed by atoms with Gasteiger partial charge >= 0.3 is 0 Å². The lowest BCUT2D eigenvalue weighted by Gasteiger charge is -2.33. The second-order valence-corrected chi connectivity index (χ2v) is 8.99. The summed E-state index contributed by atoms with van der Waals surface area (Å²) in [7, 11) is 0. The third kappa shape index (κ3) is 5.78. The molecule has 1 aliphatic carbocycles. The van der Waals surface area contributed by atoms with Crippen LogP contribution in [0.1, 0.15) is 92.9 Å². The predicted molar refractivity (Wildman–Crippen MR) is 111 cm³/mol. The quantitative estimate of drug-likeness (QED) is 0.790. The highest BCUT2D eigenvalue weighted by Crippen LogP contribution is 2.30. The number of piperidine rings is 1. The second kappa shape index (κ2) is 9.68. The van der Waals surface area contributed by atoms with Crippen LogP contribution in [0.25, 0.3) is 0 Å². The summed E-state index contributed by atoms with van der Waals surface area (Å²) in [5, 5.41) is 3.29. The zero-order chi connectivity index (χ0) is 19.2. The Labute approximate surface area is 165 Å². The van der Waals surface area contributed by atoms with Gasteiger partial charge in [-0.05, 0) is 76.7 Å². The summed E-state index contributed by atoms with van der Waals surface area (Å²) in [6, 6.07) is 4.33. The first kappa shape index (κ1) is 20.3. The molecule has 2 heterocycles. The minimum absolute atomic E-state index is 0.0895. The van der Waals surface area contributed by atoms with E-state index in [2.05, 4.69) is 24.1 Å². The van der Waals surface area contributed by atoms with Gasteiger partial charge in [0.1, 0.15) is 0 Å². The van der Waals surface area contributed by atoms with E-state index in [0.717, 1.165) is 61.6 Å². The number of carbonyl (C=O) groups is 1. The van der Waals surface area contributed by atoms with E-state index in [4.69, 9.17) is 4.98 Å². The van der Waals surface area contributed by atoms with Gasteiger partial charge in [-0.3, -0.25) is 9.78 Å². The van der Waals surface area contributed by atoms with E-state index in [9.17, 15) is 4.79 Å². The molecule has 0 unspecified atom stereocenters. The molecule has 0 radical (unpaired) electrons. The maximum absolute atomic E-state index is 13.0. The molecule has 0 aromatic carbocycles. The van der Waals surface area contributed by atoms with Crippen LogP contribution >= 0.6 is 0 Å². The third-order valence-electron chi connectivity index (χ3n) is 6.25. The average molecular weight is 372 g/mol. The number of carbonyl (C=O) groups excluding carboxylic acids is 1. The maximum Gasteiger partial charge on any atom is 0.253 e. The van der Waals surface area contributed by atoms with Gasteiger partial charge in [0.15, 0.2) is 0 Å². The van der Waals surface area contributed by atoms with Gasteiger partial charge in [0.05, 0.1) is 11.3 Å². The van der Waals surface area contributed by atoms with Crippen molar-refractivity contribution in [1.82, 2.24) is 15.2 Å². The second-order valence-electron chi connectivity index (χ2n) is 8.99. The summed E-state index contributed by atoms with van der Waals surface area (Å²) in [5.41, 5.74) is 2.86. The molecule has 1 aromatic rings. The number of aromatic nitrogens is 1. The highest BCUT2D eigenvalue weighted by molar-refractivity contribution is 5.95. The zero-order valence-corrected chi connectivity index (χ0v) is 17.5. The number of nitrogens with zero attached hydrogens (tertiary/aromatic N) is 2. The van der Waals surface area contributed by atoms with Crippen LogP contribution in [0, 0.1) is 12.8 Å². The smallest absolute Gasteiger partial charge is 0.253 e. The van der Waals surface area contributed by atoms with Crippen LogP contribution in [-0.4, -0.2) is 41.5 Å². The molecule has 2 fully saturated rings. The summed E-state index contributed by atoms with van der Waals surface area (Å²) in [6.45, 7) is 10.1. The molecule has 4 heteroatoms. The van der Waals surface area contributed by atoms with Gasteiger partial charge in [-0.25, -0.2) is 0 Å². The Morgan fingerprint density at radius 2 is 1.85 bits per heavy atom. The van der Waals surface area contributed by atoms with E-state index in [1.54, 1.807) is 0 Å². The van der Waals surface area contributed by atoms with Gasteiger partial charge in [-0.1, -0.05) is 33.1 Å². The summed E-state index contributed by atoms with van der Waals surface area (Å²) in [6.07, 6.45) is 9.50. The van der Waals surface area contributed by atoms with Crippen molar-refractivity contribution in [1.29, 1.82) is 0 Å². The molecular weight excluding hydrogens is 334 g/mol. The molecule has 1 aliphatic heterocycles. The van der Waals surface area contributed by atoms with Gasteiger partial charge in [-0.15, -0.1) is 0 Å². The molecule has 2 aliphatic rings. The van der Waals surface area contributed by atoms with Crippen LogP contribution in [-0.2, 0) is 0 Å². The van der Waals surface area contributed by atoms with Crippen molar-refractivity contribution in [3.63, 3.8) is 0 Å². The lowest BCUT2D eigenvalue weighted by atomic mass is 9.89. The lowest BCUT2D eigenvalue weighted by molar-refractivity contribution is 0.0924. The molecular formula is C23H37N3O. The molecule has 3 rings (SSSR count). The number of hydrogen-bond donors (Lipinski definition) is 1. The molecule has 1 saturated heterocycles. The molecule has 1 amide bonds. The summed E-state index contributed by atoms with van der Waals surface area (Å²) < 4.78 is 0. The standard InChI is InChI=1S/C23H37N3O/c1-17(2)11-14-26-15-12-19(13-16-26)22-21(10-9-18(3)24-22)23(27)25-20-7-5-4-6-8-20/h9-10,17,19-20H,4-8,11-16H2,1-3H3,(H,25,27). The minimum Gasteiger partial charge on any atom is -0.349 e. The third-order valence-corrected chi connectivity index (χ3v) is 6.25. The van der Waals surface area contributed by atoms with E-state index >= 15 is 0 Å². The first-order valence-electron chi connectivity index (χ1n) is 11.0.